The molecule has 2 rings (SSSR count). The van der Waals surface area contributed by atoms with Crippen LogP contribution in [-0.4, -0.2) is 32.6 Å². The van der Waals surface area contributed by atoms with E-state index in [1.54, 1.807) is 13.8 Å². The summed E-state index contributed by atoms with van der Waals surface area (Å²) in [4.78, 5) is 0. The molecule has 2 aromatic rings. The summed E-state index contributed by atoms with van der Waals surface area (Å²) in [6.07, 6.45) is -1.12. The van der Waals surface area contributed by atoms with Crippen LogP contribution in [0.25, 0.3) is 0 Å². The third kappa shape index (κ3) is 9.06. The Kier molecular flexibility index (Phi) is 11.1. The van der Waals surface area contributed by atoms with E-state index in [9.17, 15) is 10.2 Å². The molecule has 0 aliphatic heterocycles. The molecule has 0 amide bonds. The zero-order chi connectivity index (χ0) is 16.5. The average Bonchev–Trinajstić information content (AvgIpc) is 3.12. The summed E-state index contributed by atoms with van der Waals surface area (Å²) in [6, 6.07) is 14.9. The summed E-state index contributed by atoms with van der Waals surface area (Å²) >= 11 is 0. The molecule has 0 spiro atoms. The second kappa shape index (κ2) is 11.6. The van der Waals surface area contributed by atoms with Crippen LogP contribution >= 0.6 is 0 Å². The maximum absolute atomic E-state index is 9.42. The van der Waals surface area contributed by atoms with Crippen LogP contribution < -0.4 is 0 Å². The van der Waals surface area contributed by atoms with Crippen molar-refractivity contribution in [3.63, 3.8) is 0 Å². The summed E-state index contributed by atoms with van der Waals surface area (Å²) in [6.45, 7) is 3.35. The molecule has 0 fully saturated rings. The van der Waals surface area contributed by atoms with Gasteiger partial charge in [0.05, 0.1) is 12.2 Å². The van der Waals surface area contributed by atoms with Gasteiger partial charge in [0.15, 0.2) is 0 Å². The fourth-order valence-electron chi connectivity index (χ4n) is 2.14. The van der Waals surface area contributed by atoms with Crippen molar-refractivity contribution in [2.45, 2.75) is 51.1 Å². The summed E-state index contributed by atoms with van der Waals surface area (Å²) < 4.78 is 0. The minimum Gasteiger partial charge on any atom is -0.401 e. The molecule has 4 nitrogen and oxygen atoms in total. The predicted molar refractivity (Wildman–Crippen MR) is 86.6 cm³/mol. The Morgan fingerprint density at radius 2 is 0.913 bits per heavy atom. The molecule has 5 heteroatoms. The molecular weight excluding hydrogens is 336 g/mol. The van der Waals surface area contributed by atoms with Gasteiger partial charge in [-0.25, -0.2) is 24.3 Å². The first-order valence-corrected chi connectivity index (χ1v) is 7.55. The van der Waals surface area contributed by atoms with Gasteiger partial charge in [-0.3, -0.25) is 0 Å². The Labute approximate surface area is 148 Å². The van der Waals surface area contributed by atoms with E-state index >= 15 is 0 Å². The normalized spacial score (nSPS) is 15.6. The predicted octanol–water partition coefficient (Wildman–Crippen LogP) is 2.42. The minimum atomic E-state index is -0.523. The van der Waals surface area contributed by atoms with Gasteiger partial charge in [-0.1, -0.05) is 0 Å². The van der Waals surface area contributed by atoms with Crippen molar-refractivity contribution in [3.05, 3.63) is 59.7 Å². The van der Waals surface area contributed by atoms with Gasteiger partial charge in [0.2, 0.25) is 0 Å². The molecule has 4 N–H and O–H groups in total. The molecule has 0 saturated carbocycles. The third-order valence-electron chi connectivity index (χ3n) is 3.28. The van der Waals surface area contributed by atoms with Crippen molar-refractivity contribution in [2.24, 2.45) is 0 Å². The molecule has 4 unspecified atom stereocenters. The Morgan fingerprint density at radius 3 is 1.13 bits per heavy atom. The second-order valence-corrected chi connectivity index (χ2v) is 5.64. The van der Waals surface area contributed by atoms with Crippen LogP contribution in [0, 0.1) is 0 Å². The van der Waals surface area contributed by atoms with Crippen LogP contribution in [-0.2, 0) is 17.1 Å². The third-order valence-corrected chi connectivity index (χ3v) is 3.28. The van der Waals surface area contributed by atoms with E-state index in [4.69, 9.17) is 10.2 Å². The van der Waals surface area contributed by atoms with Gasteiger partial charge in [-0.2, -0.15) is 24.3 Å². The summed E-state index contributed by atoms with van der Waals surface area (Å²) in [7, 11) is 0. The van der Waals surface area contributed by atoms with Crippen LogP contribution in [0.3, 0.4) is 0 Å². The molecule has 0 radical (unpaired) electrons. The number of aliphatic hydroxyl groups is 4. The van der Waals surface area contributed by atoms with Crippen LogP contribution in [0.2, 0.25) is 0 Å². The molecule has 2 aromatic carbocycles. The Hall–Kier alpha value is -0.941. The van der Waals surface area contributed by atoms with E-state index in [1.165, 1.54) is 0 Å². The summed E-state index contributed by atoms with van der Waals surface area (Å²) in [5.74, 6) is 0. The SMILES string of the molecule is CC(O)CC(O)[c-]1cccc1.CC(O)CC(O)[c-]1cccc1.[Fe+2]. The zero-order valence-corrected chi connectivity index (χ0v) is 14.6. The van der Waals surface area contributed by atoms with Crippen molar-refractivity contribution in [2.75, 3.05) is 0 Å². The number of hydrogen-bond donors (Lipinski definition) is 4. The Balaban J connectivity index is 0.000000403. The van der Waals surface area contributed by atoms with Crippen molar-refractivity contribution < 1.29 is 37.5 Å². The molecular formula is C18H26FeO4. The van der Waals surface area contributed by atoms with Crippen molar-refractivity contribution in [1.29, 1.82) is 0 Å². The Bertz CT molecular complexity index is 431. The number of aliphatic hydroxyl groups excluding tert-OH is 4. The molecule has 0 aliphatic carbocycles. The smallest absolute Gasteiger partial charge is 0.401 e. The molecule has 0 heterocycles. The largest absolute Gasteiger partial charge is 2.00 e. The minimum absolute atomic E-state index is 0. The van der Waals surface area contributed by atoms with Crippen molar-refractivity contribution in [1.82, 2.24) is 0 Å². The van der Waals surface area contributed by atoms with Crippen molar-refractivity contribution in [3.8, 4) is 0 Å². The van der Waals surface area contributed by atoms with E-state index in [0.717, 1.165) is 11.1 Å². The maximum Gasteiger partial charge on any atom is 2.00 e. The van der Waals surface area contributed by atoms with Crippen molar-refractivity contribution >= 4 is 0 Å². The molecule has 0 aliphatic rings. The van der Waals surface area contributed by atoms with E-state index in [-0.39, 0.29) is 17.1 Å². The fraction of sp³-hybridized carbons (Fsp3) is 0.444. The van der Waals surface area contributed by atoms with E-state index in [2.05, 4.69) is 0 Å². The van der Waals surface area contributed by atoms with Gasteiger partial charge in [-0.05, 0) is 26.7 Å². The topological polar surface area (TPSA) is 80.9 Å². The molecule has 23 heavy (non-hydrogen) atoms. The van der Waals surface area contributed by atoms with E-state index in [1.807, 2.05) is 48.5 Å². The van der Waals surface area contributed by atoms with Gasteiger partial charge in [0.1, 0.15) is 0 Å². The fourth-order valence-corrected chi connectivity index (χ4v) is 2.14. The first-order valence-electron chi connectivity index (χ1n) is 7.55. The first-order chi connectivity index (χ1) is 10.4. The molecule has 0 bridgehead atoms. The second-order valence-electron chi connectivity index (χ2n) is 5.64. The van der Waals surface area contributed by atoms with E-state index < -0.39 is 24.4 Å². The average molecular weight is 362 g/mol. The maximum atomic E-state index is 9.42. The quantitative estimate of drug-likeness (QED) is 0.470. The molecule has 130 valence electrons. The molecule has 0 aromatic heterocycles. The summed E-state index contributed by atoms with van der Waals surface area (Å²) in [5.41, 5.74) is 1.76. The van der Waals surface area contributed by atoms with Gasteiger partial charge in [-0.15, -0.1) is 11.1 Å². The van der Waals surface area contributed by atoms with Crippen LogP contribution in [0.4, 0.5) is 0 Å². The number of hydrogen-bond acceptors (Lipinski definition) is 4. The van der Waals surface area contributed by atoms with Gasteiger partial charge < -0.3 is 20.4 Å². The molecule has 4 atom stereocenters. The number of rotatable bonds is 6. The van der Waals surface area contributed by atoms with E-state index in [0.29, 0.717) is 12.8 Å². The first kappa shape index (κ1) is 22.1. The monoisotopic (exact) mass is 362 g/mol. The van der Waals surface area contributed by atoms with Gasteiger partial charge in [0, 0.05) is 12.2 Å². The summed E-state index contributed by atoms with van der Waals surface area (Å²) in [5, 5.41) is 36.8. The van der Waals surface area contributed by atoms with Crippen LogP contribution in [0.1, 0.15) is 50.0 Å². The zero-order valence-electron chi connectivity index (χ0n) is 13.5. The van der Waals surface area contributed by atoms with Crippen LogP contribution in [0.5, 0.6) is 0 Å². The Morgan fingerprint density at radius 1 is 0.652 bits per heavy atom. The van der Waals surface area contributed by atoms with Gasteiger partial charge in [0.25, 0.3) is 0 Å². The standard InChI is InChI=1S/2C9H13O2.Fe/c2*1-7(10)6-9(11)8-4-2-3-5-8;/h2*2-5,7,9-11H,6H2,1H3;/q2*-1;+2. The van der Waals surface area contributed by atoms with Gasteiger partial charge >= 0.3 is 17.1 Å². The molecule has 0 saturated heterocycles. The van der Waals surface area contributed by atoms with Crippen LogP contribution in [0.15, 0.2) is 48.5 Å².